The minimum Gasteiger partial charge on any atom is -0.494 e. The maximum absolute atomic E-state index is 11.8. The number of hydrogen-bond donors (Lipinski definition) is 1. The minimum atomic E-state index is -1.00. The van der Waals surface area contributed by atoms with Crippen molar-refractivity contribution in [3.8, 4) is 5.75 Å². The molecule has 0 amide bonds. The van der Waals surface area contributed by atoms with Crippen LogP contribution in [0.4, 0.5) is 5.69 Å². The molecule has 0 fully saturated rings. The first-order valence-corrected chi connectivity index (χ1v) is 9.97. The number of benzene rings is 2. The van der Waals surface area contributed by atoms with Crippen LogP contribution in [0.5, 0.6) is 5.75 Å². The van der Waals surface area contributed by atoms with Crippen molar-refractivity contribution in [3.63, 3.8) is 0 Å². The molecular weight excluding hydrogens is 336 g/mol. The van der Waals surface area contributed by atoms with Crippen LogP contribution in [0.3, 0.4) is 0 Å². The Balaban J connectivity index is 1.76. The third kappa shape index (κ3) is 3.12. The lowest BCUT2D eigenvalue weighted by molar-refractivity contribution is -0.661. The maximum atomic E-state index is 11.8. The van der Waals surface area contributed by atoms with Gasteiger partial charge in [0.15, 0.2) is 6.54 Å². The zero-order valence-electron chi connectivity index (χ0n) is 16.5. The van der Waals surface area contributed by atoms with Crippen LogP contribution in [0.15, 0.2) is 42.5 Å². The summed E-state index contributed by atoms with van der Waals surface area (Å²) < 4.78 is 7.79. The highest BCUT2D eigenvalue weighted by Gasteiger charge is 2.52. The molecule has 0 bridgehead atoms. The van der Waals surface area contributed by atoms with Crippen molar-refractivity contribution in [1.82, 2.24) is 0 Å². The van der Waals surface area contributed by atoms with Crippen molar-refractivity contribution in [2.24, 2.45) is 0 Å². The van der Waals surface area contributed by atoms with E-state index in [2.05, 4.69) is 41.5 Å². The van der Waals surface area contributed by atoms with Gasteiger partial charge in [0.25, 0.3) is 11.6 Å². The van der Waals surface area contributed by atoms with E-state index in [-0.39, 0.29) is 0 Å². The van der Waals surface area contributed by atoms with Gasteiger partial charge in [0.1, 0.15) is 11.4 Å². The molecule has 1 atom stereocenters. The molecule has 4 rings (SSSR count). The van der Waals surface area contributed by atoms with E-state index >= 15 is 0 Å². The minimum absolute atomic E-state index is 0.556. The summed E-state index contributed by atoms with van der Waals surface area (Å²) in [5.74, 6) is 2.09. The van der Waals surface area contributed by atoms with Crippen LogP contribution in [0.1, 0.15) is 42.9 Å². The molecule has 0 spiro atoms. The molecule has 2 aliphatic rings. The summed E-state index contributed by atoms with van der Waals surface area (Å²) in [6, 6.07) is 14.5. The van der Waals surface area contributed by atoms with Crippen molar-refractivity contribution in [3.05, 3.63) is 59.2 Å². The molecule has 2 aliphatic heterocycles. The van der Waals surface area contributed by atoms with Crippen molar-refractivity contribution in [2.45, 2.75) is 45.8 Å². The van der Waals surface area contributed by atoms with Crippen LogP contribution >= 0.6 is 0 Å². The topological polar surface area (TPSA) is 35.7 Å². The highest BCUT2D eigenvalue weighted by atomic mass is 16.5. The maximum Gasteiger partial charge on any atom is 0.271 e. The summed E-state index contributed by atoms with van der Waals surface area (Å²) in [6.07, 6.45) is 3.29. The smallest absolute Gasteiger partial charge is 0.271 e. The van der Waals surface area contributed by atoms with Gasteiger partial charge in [-0.25, -0.2) is 9.48 Å². The zero-order chi connectivity index (χ0) is 19.0. The molecule has 2 heterocycles. The highest BCUT2D eigenvalue weighted by molar-refractivity contribution is 5.96. The Morgan fingerprint density at radius 3 is 2.63 bits per heavy atom. The molecule has 0 unspecified atom stereocenters. The molecule has 142 valence electrons. The molecule has 1 N–H and O–H groups in total. The Morgan fingerprint density at radius 1 is 1.11 bits per heavy atom. The largest absolute Gasteiger partial charge is 0.494 e. The Labute approximate surface area is 161 Å². The highest BCUT2D eigenvalue weighted by Crippen LogP contribution is 2.37. The molecular formula is C23H29N2O2+. The third-order valence-electron chi connectivity index (χ3n) is 5.76. The molecule has 4 heteroatoms. The van der Waals surface area contributed by atoms with Crippen LogP contribution < -0.4 is 9.64 Å². The van der Waals surface area contributed by atoms with E-state index < -0.39 is 5.72 Å². The quantitative estimate of drug-likeness (QED) is 0.833. The van der Waals surface area contributed by atoms with E-state index in [1.165, 1.54) is 29.1 Å². The molecule has 0 aromatic heterocycles. The number of aryl methyl sites for hydroxylation is 2. The first kappa shape index (κ1) is 18.1. The van der Waals surface area contributed by atoms with E-state index in [4.69, 9.17) is 4.74 Å². The molecule has 2 aromatic rings. The number of β-amino-alcohol motifs (C(OH)–C–C–N with tert-alkyl or cyclic N) is 1. The normalized spacial score (nSPS) is 22.1. The van der Waals surface area contributed by atoms with Gasteiger partial charge in [-0.2, -0.15) is 0 Å². The molecule has 0 radical (unpaired) electrons. The van der Waals surface area contributed by atoms with Crippen LogP contribution in [0.25, 0.3) is 0 Å². The second-order valence-corrected chi connectivity index (χ2v) is 7.68. The van der Waals surface area contributed by atoms with E-state index in [0.717, 1.165) is 30.7 Å². The van der Waals surface area contributed by atoms with Crippen LogP contribution in [-0.4, -0.2) is 35.2 Å². The number of anilines is 1. The first-order chi connectivity index (χ1) is 13.0. The van der Waals surface area contributed by atoms with E-state index in [1.807, 2.05) is 31.2 Å². The van der Waals surface area contributed by atoms with Crippen molar-refractivity contribution < 1.29 is 14.4 Å². The molecule has 27 heavy (non-hydrogen) atoms. The lowest BCUT2D eigenvalue weighted by atomic mass is 10.0. The average Bonchev–Trinajstić information content (AvgIpc) is 2.99. The number of rotatable bonds is 4. The van der Waals surface area contributed by atoms with Gasteiger partial charge in [0, 0.05) is 12.0 Å². The Bertz CT molecular complexity index is 872. The summed E-state index contributed by atoms with van der Waals surface area (Å²) >= 11 is 0. The third-order valence-corrected chi connectivity index (χ3v) is 5.76. The molecule has 4 nitrogen and oxygen atoms in total. The summed E-state index contributed by atoms with van der Waals surface area (Å²) in [6.45, 7) is 8.35. The standard InChI is InChI=1S/C23H29N2O2/c1-4-27-20-12-10-19(11-13-20)23(26)16-24(22-7-5-6-14-25(22)23)21-15-17(2)8-9-18(21)3/h8-13,15,26H,4-7,14,16H2,1-3H3/q+1/t23-/m0/s1. The monoisotopic (exact) mass is 365 g/mol. The predicted octanol–water partition coefficient (Wildman–Crippen LogP) is 3.96. The van der Waals surface area contributed by atoms with Gasteiger partial charge in [-0.1, -0.05) is 12.1 Å². The van der Waals surface area contributed by atoms with Gasteiger partial charge in [-0.3, -0.25) is 0 Å². The zero-order valence-corrected chi connectivity index (χ0v) is 16.5. The van der Waals surface area contributed by atoms with Crippen molar-refractivity contribution in [2.75, 3.05) is 24.6 Å². The number of hydrogen-bond acceptors (Lipinski definition) is 3. The summed E-state index contributed by atoms with van der Waals surface area (Å²) in [5, 5.41) is 11.8. The molecule has 0 aliphatic carbocycles. The van der Waals surface area contributed by atoms with Gasteiger partial charge < -0.3 is 9.84 Å². The van der Waals surface area contributed by atoms with Crippen molar-refractivity contribution >= 4 is 11.5 Å². The number of aliphatic hydroxyl groups is 1. The second kappa shape index (κ2) is 7.01. The summed E-state index contributed by atoms with van der Waals surface area (Å²) in [7, 11) is 0. The molecule has 0 saturated carbocycles. The van der Waals surface area contributed by atoms with Crippen molar-refractivity contribution in [1.29, 1.82) is 0 Å². The predicted molar refractivity (Wildman–Crippen MR) is 109 cm³/mol. The Morgan fingerprint density at radius 2 is 1.89 bits per heavy atom. The fourth-order valence-electron chi connectivity index (χ4n) is 4.36. The molecule has 0 saturated heterocycles. The lowest BCUT2D eigenvalue weighted by Gasteiger charge is -2.24. The van der Waals surface area contributed by atoms with Gasteiger partial charge in [0.05, 0.1) is 13.2 Å². The van der Waals surface area contributed by atoms with Crippen LogP contribution in [0.2, 0.25) is 0 Å². The SMILES string of the molecule is CCOc1ccc([C@@]2(O)CN(c3cc(C)ccc3C)C3=[N+]2CCCC3)cc1. The second-order valence-electron chi connectivity index (χ2n) is 7.68. The van der Waals surface area contributed by atoms with Gasteiger partial charge in [-0.15, -0.1) is 0 Å². The summed E-state index contributed by atoms with van der Waals surface area (Å²) in [4.78, 5) is 2.33. The Kier molecular flexibility index (Phi) is 4.68. The first-order valence-electron chi connectivity index (χ1n) is 9.97. The fraction of sp³-hybridized carbons (Fsp3) is 0.435. The van der Waals surface area contributed by atoms with Crippen LogP contribution in [-0.2, 0) is 5.72 Å². The van der Waals surface area contributed by atoms with Gasteiger partial charge in [0.2, 0.25) is 0 Å². The lowest BCUT2D eigenvalue weighted by Crippen LogP contribution is -2.41. The van der Waals surface area contributed by atoms with E-state index in [9.17, 15) is 5.11 Å². The number of ether oxygens (including phenoxy) is 1. The number of amidine groups is 1. The molecule has 2 aromatic carbocycles. The van der Waals surface area contributed by atoms with Gasteiger partial charge in [-0.05, 0) is 75.1 Å². The fourth-order valence-corrected chi connectivity index (χ4v) is 4.36. The number of nitrogens with zero attached hydrogens (tertiary/aromatic N) is 2. The van der Waals surface area contributed by atoms with Crippen LogP contribution in [0, 0.1) is 13.8 Å². The van der Waals surface area contributed by atoms with E-state index in [1.54, 1.807) is 0 Å². The Hall–Kier alpha value is -2.33. The average molecular weight is 365 g/mol. The van der Waals surface area contributed by atoms with Gasteiger partial charge >= 0.3 is 0 Å². The van der Waals surface area contributed by atoms with E-state index in [0.29, 0.717) is 13.2 Å². The summed E-state index contributed by atoms with van der Waals surface area (Å²) in [5.41, 5.74) is 3.62.